The molecule has 2 aliphatic rings. The number of amides is 1. The van der Waals surface area contributed by atoms with E-state index in [0.29, 0.717) is 24.1 Å². The van der Waals surface area contributed by atoms with Gasteiger partial charge in [0.05, 0.1) is 35.5 Å². The first-order valence-corrected chi connectivity index (χ1v) is 11.9. The highest BCUT2D eigenvalue weighted by molar-refractivity contribution is 6.35. The third-order valence-corrected chi connectivity index (χ3v) is 6.56. The van der Waals surface area contributed by atoms with Crippen molar-refractivity contribution in [1.29, 1.82) is 0 Å². The van der Waals surface area contributed by atoms with Crippen molar-refractivity contribution in [2.75, 3.05) is 43.1 Å². The second-order valence-corrected chi connectivity index (χ2v) is 8.91. The maximum absolute atomic E-state index is 12.0. The second-order valence-electron chi connectivity index (χ2n) is 8.50. The Hall–Kier alpha value is -2.91. The van der Waals surface area contributed by atoms with Crippen molar-refractivity contribution in [2.45, 2.75) is 32.2 Å². The number of carbonyl (C=O) groups is 1. The van der Waals surface area contributed by atoms with Crippen LogP contribution in [0.2, 0.25) is 5.02 Å². The van der Waals surface area contributed by atoms with Crippen molar-refractivity contribution in [3.8, 4) is 0 Å². The largest absolute Gasteiger partial charge is 0.378 e. The Labute approximate surface area is 197 Å². The van der Waals surface area contributed by atoms with Crippen molar-refractivity contribution in [2.24, 2.45) is 5.92 Å². The molecule has 1 aliphatic heterocycles. The molecule has 10 heteroatoms. The highest BCUT2D eigenvalue weighted by Crippen LogP contribution is 2.27. The molecule has 0 atom stereocenters. The van der Waals surface area contributed by atoms with Crippen molar-refractivity contribution < 1.29 is 9.53 Å². The van der Waals surface area contributed by atoms with Gasteiger partial charge < -0.3 is 24.8 Å². The molecule has 0 unspecified atom stereocenters. The molecule has 3 aromatic heterocycles. The van der Waals surface area contributed by atoms with E-state index in [1.54, 1.807) is 12.4 Å². The van der Waals surface area contributed by atoms with E-state index in [0.717, 1.165) is 74.5 Å². The summed E-state index contributed by atoms with van der Waals surface area (Å²) in [6, 6.07) is 3.96. The van der Waals surface area contributed by atoms with Crippen LogP contribution in [-0.2, 0) is 16.1 Å². The van der Waals surface area contributed by atoms with E-state index in [9.17, 15) is 4.79 Å². The predicted molar refractivity (Wildman–Crippen MR) is 128 cm³/mol. The lowest BCUT2D eigenvalue weighted by Gasteiger charge is -2.27. The third-order valence-electron chi connectivity index (χ3n) is 6.26. The smallest absolute Gasteiger partial charge is 0.229 e. The summed E-state index contributed by atoms with van der Waals surface area (Å²) in [7, 11) is 0. The summed E-state index contributed by atoms with van der Waals surface area (Å²) < 4.78 is 7.41. The van der Waals surface area contributed by atoms with Gasteiger partial charge in [-0.3, -0.25) is 4.79 Å². The number of halogens is 1. The van der Waals surface area contributed by atoms with E-state index < -0.39 is 0 Å². The lowest BCUT2D eigenvalue weighted by molar-refractivity contribution is -0.127. The van der Waals surface area contributed by atoms with Crippen LogP contribution < -0.4 is 15.5 Å². The SMILES string of the molecule is O=C(NCCCn1cc(Cl)c2cnc(Nc3ccc(N4CCOCC4)nc3)nc21)C1CCC1. The molecule has 0 spiro atoms. The molecule has 33 heavy (non-hydrogen) atoms. The maximum atomic E-state index is 12.0. The molecule has 4 heterocycles. The first-order valence-electron chi connectivity index (χ1n) is 11.5. The summed E-state index contributed by atoms with van der Waals surface area (Å²) in [5.74, 6) is 1.81. The zero-order valence-electron chi connectivity index (χ0n) is 18.5. The van der Waals surface area contributed by atoms with Crippen LogP contribution in [0.1, 0.15) is 25.7 Å². The fourth-order valence-corrected chi connectivity index (χ4v) is 4.35. The standard InChI is InChI=1S/C23H28ClN7O2/c24-19-15-31(8-2-7-25-22(32)16-3-1-4-16)21-18(19)14-27-23(29-21)28-17-5-6-20(26-13-17)30-9-11-33-12-10-30/h5-6,13-16H,1-4,7-12H2,(H,25,32)(H,27,28,29). The highest BCUT2D eigenvalue weighted by atomic mass is 35.5. The van der Waals surface area contributed by atoms with Crippen LogP contribution >= 0.6 is 11.6 Å². The van der Waals surface area contributed by atoms with Gasteiger partial charge in [-0.1, -0.05) is 18.0 Å². The molecule has 0 bridgehead atoms. The van der Waals surface area contributed by atoms with Crippen molar-refractivity contribution in [1.82, 2.24) is 24.8 Å². The fraction of sp³-hybridized carbons (Fsp3) is 0.478. The van der Waals surface area contributed by atoms with Gasteiger partial charge in [-0.15, -0.1) is 0 Å². The number of aryl methyl sites for hydroxylation is 1. The number of carbonyl (C=O) groups excluding carboxylic acids is 1. The molecule has 2 fully saturated rings. The minimum Gasteiger partial charge on any atom is -0.378 e. The molecule has 0 radical (unpaired) electrons. The zero-order chi connectivity index (χ0) is 22.6. The number of nitrogens with zero attached hydrogens (tertiary/aromatic N) is 5. The average Bonchev–Trinajstić information content (AvgIpc) is 3.11. The number of ether oxygens (including phenoxy) is 1. The van der Waals surface area contributed by atoms with Gasteiger partial charge in [0.25, 0.3) is 0 Å². The van der Waals surface area contributed by atoms with Crippen molar-refractivity contribution in [3.05, 3.63) is 35.7 Å². The van der Waals surface area contributed by atoms with E-state index in [4.69, 9.17) is 16.3 Å². The minimum absolute atomic E-state index is 0.179. The second kappa shape index (κ2) is 9.93. The van der Waals surface area contributed by atoms with Crippen LogP contribution in [0, 0.1) is 5.92 Å². The molecule has 1 saturated heterocycles. The Morgan fingerprint density at radius 3 is 2.76 bits per heavy atom. The van der Waals surface area contributed by atoms with E-state index in [2.05, 4.69) is 30.5 Å². The van der Waals surface area contributed by atoms with E-state index in [-0.39, 0.29) is 11.8 Å². The van der Waals surface area contributed by atoms with Crippen LogP contribution in [0.4, 0.5) is 17.5 Å². The number of nitrogens with one attached hydrogen (secondary N) is 2. The molecule has 0 aromatic carbocycles. The Bertz CT molecular complexity index is 1110. The van der Waals surface area contributed by atoms with Gasteiger partial charge in [-0.2, -0.15) is 4.98 Å². The molecule has 174 valence electrons. The van der Waals surface area contributed by atoms with Gasteiger partial charge >= 0.3 is 0 Å². The van der Waals surface area contributed by atoms with Crippen LogP contribution in [0.15, 0.2) is 30.7 Å². The van der Waals surface area contributed by atoms with Crippen LogP contribution in [0.3, 0.4) is 0 Å². The topological polar surface area (TPSA) is 97.2 Å². The summed E-state index contributed by atoms with van der Waals surface area (Å²) in [6.45, 7) is 4.50. The lowest BCUT2D eigenvalue weighted by Crippen LogP contribution is -2.36. The summed E-state index contributed by atoms with van der Waals surface area (Å²) in [4.78, 5) is 27.9. The summed E-state index contributed by atoms with van der Waals surface area (Å²) >= 11 is 6.40. The highest BCUT2D eigenvalue weighted by Gasteiger charge is 2.24. The zero-order valence-corrected chi connectivity index (χ0v) is 19.2. The number of anilines is 3. The number of morpholine rings is 1. The predicted octanol–water partition coefficient (Wildman–Crippen LogP) is 3.37. The monoisotopic (exact) mass is 469 g/mol. The molecule has 1 amide bonds. The van der Waals surface area contributed by atoms with Crippen LogP contribution in [-0.4, -0.2) is 58.3 Å². The average molecular weight is 470 g/mol. The number of pyridine rings is 1. The lowest BCUT2D eigenvalue weighted by atomic mass is 9.85. The van der Waals surface area contributed by atoms with Gasteiger partial charge in [0.2, 0.25) is 11.9 Å². The molecule has 1 aliphatic carbocycles. The number of fused-ring (bicyclic) bond motifs is 1. The molecule has 9 nitrogen and oxygen atoms in total. The normalized spacial score (nSPS) is 16.6. The van der Waals surface area contributed by atoms with Crippen LogP contribution in [0.25, 0.3) is 11.0 Å². The third kappa shape index (κ3) is 5.04. The van der Waals surface area contributed by atoms with Crippen molar-refractivity contribution >= 4 is 46.0 Å². The molecular formula is C23H28ClN7O2. The molecule has 5 rings (SSSR count). The quantitative estimate of drug-likeness (QED) is 0.488. The first kappa shape index (κ1) is 21.9. The number of rotatable bonds is 8. The molecular weight excluding hydrogens is 442 g/mol. The Morgan fingerprint density at radius 2 is 2.03 bits per heavy atom. The molecule has 1 saturated carbocycles. The van der Waals surface area contributed by atoms with Crippen LogP contribution in [0.5, 0.6) is 0 Å². The first-order chi connectivity index (χ1) is 16.2. The Balaban J connectivity index is 1.22. The van der Waals surface area contributed by atoms with Gasteiger partial charge in [0.15, 0.2) is 0 Å². The summed E-state index contributed by atoms with van der Waals surface area (Å²) in [5.41, 5.74) is 1.58. The molecule has 2 N–H and O–H groups in total. The van der Waals surface area contributed by atoms with Gasteiger partial charge in [0.1, 0.15) is 11.5 Å². The summed E-state index contributed by atoms with van der Waals surface area (Å²) in [6.07, 6.45) is 9.39. The summed E-state index contributed by atoms with van der Waals surface area (Å²) in [5, 5.41) is 7.69. The minimum atomic E-state index is 0.179. The maximum Gasteiger partial charge on any atom is 0.229 e. The number of hydrogen-bond acceptors (Lipinski definition) is 7. The molecule has 3 aromatic rings. The van der Waals surface area contributed by atoms with Crippen molar-refractivity contribution in [3.63, 3.8) is 0 Å². The van der Waals surface area contributed by atoms with E-state index >= 15 is 0 Å². The number of aromatic nitrogens is 4. The van der Waals surface area contributed by atoms with Gasteiger partial charge in [-0.05, 0) is 31.4 Å². The van der Waals surface area contributed by atoms with E-state index in [1.165, 1.54) is 0 Å². The fourth-order valence-electron chi connectivity index (χ4n) is 4.10. The van der Waals surface area contributed by atoms with Gasteiger partial charge in [-0.25, -0.2) is 9.97 Å². The number of hydrogen-bond donors (Lipinski definition) is 2. The Morgan fingerprint density at radius 1 is 1.18 bits per heavy atom. The Kier molecular flexibility index (Phi) is 6.59. The van der Waals surface area contributed by atoms with E-state index in [1.807, 2.05) is 22.9 Å². The van der Waals surface area contributed by atoms with Gasteiger partial charge in [0, 0.05) is 44.5 Å².